The number of imidazole rings is 1. The molecule has 0 fully saturated rings. The third-order valence-electron chi connectivity index (χ3n) is 4.87. The van der Waals surface area contributed by atoms with Crippen molar-refractivity contribution in [1.29, 1.82) is 0 Å². The van der Waals surface area contributed by atoms with Gasteiger partial charge in [-0.1, -0.05) is 30.3 Å². The van der Waals surface area contributed by atoms with E-state index >= 15 is 0 Å². The quantitative estimate of drug-likeness (QED) is 0.400. The van der Waals surface area contributed by atoms with E-state index < -0.39 is 21.9 Å². The molecular weight excluding hydrogens is 444 g/mol. The van der Waals surface area contributed by atoms with E-state index in [9.17, 15) is 18.0 Å². The Morgan fingerprint density at radius 1 is 1.15 bits per heavy atom. The molecule has 0 spiro atoms. The predicted molar refractivity (Wildman–Crippen MR) is 124 cm³/mol. The van der Waals surface area contributed by atoms with Gasteiger partial charge in [0.2, 0.25) is 15.9 Å². The number of nitrogens with zero attached hydrogens (tertiary/aromatic N) is 3. The lowest BCUT2D eigenvalue weighted by Crippen LogP contribution is -2.26. The monoisotopic (exact) mass is 470 g/mol. The van der Waals surface area contributed by atoms with Crippen LogP contribution in [0.15, 0.2) is 59.1 Å². The van der Waals surface area contributed by atoms with Crippen molar-refractivity contribution in [2.75, 3.05) is 14.1 Å². The van der Waals surface area contributed by atoms with Gasteiger partial charge in [0.05, 0.1) is 15.9 Å². The maximum atomic E-state index is 12.7. The van der Waals surface area contributed by atoms with E-state index in [-0.39, 0.29) is 17.2 Å². The number of sulfonamides is 1. The van der Waals surface area contributed by atoms with Crippen LogP contribution >= 0.6 is 0 Å². The van der Waals surface area contributed by atoms with Crippen molar-refractivity contribution in [3.05, 3.63) is 65.6 Å². The van der Waals surface area contributed by atoms with Crippen LogP contribution in [0.25, 0.3) is 17.1 Å². The van der Waals surface area contributed by atoms with Crippen molar-refractivity contribution < 1.29 is 22.7 Å². The third kappa shape index (κ3) is 5.47. The van der Waals surface area contributed by atoms with Gasteiger partial charge in [0, 0.05) is 27.6 Å². The number of aryl methyl sites for hydroxylation is 1. The molecule has 174 valence electrons. The zero-order chi connectivity index (χ0) is 24.2. The number of benzene rings is 2. The molecule has 0 radical (unpaired) electrons. The molecule has 0 unspecified atom stereocenters. The van der Waals surface area contributed by atoms with Crippen LogP contribution in [0, 0.1) is 0 Å². The van der Waals surface area contributed by atoms with Crippen molar-refractivity contribution >= 4 is 39.0 Å². The van der Waals surface area contributed by atoms with Crippen LogP contribution in [0.5, 0.6) is 0 Å². The molecule has 1 heterocycles. The Hall–Kier alpha value is -3.50. The molecule has 0 saturated heterocycles. The van der Waals surface area contributed by atoms with Gasteiger partial charge in [0.1, 0.15) is 18.1 Å². The number of nitrogens with one attached hydrogen (secondary N) is 1. The summed E-state index contributed by atoms with van der Waals surface area (Å²) in [4.78, 5) is 28.9. The fourth-order valence-corrected chi connectivity index (χ4v) is 4.18. The average molecular weight is 471 g/mol. The van der Waals surface area contributed by atoms with E-state index in [1.54, 1.807) is 18.2 Å². The molecular formula is C23H26N4O5S. The van der Waals surface area contributed by atoms with E-state index in [2.05, 4.69) is 10.3 Å². The molecule has 1 amide bonds. The summed E-state index contributed by atoms with van der Waals surface area (Å²) < 4.78 is 33.3. The summed E-state index contributed by atoms with van der Waals surface area (Å²) in [6.07, 6.45) is 1.53. The van der Waals surface area contributed by atoms with Gasteiger partial charge in [-0.3, -0.25) is 4.79 Å². The standard InChI is InChI=1S/C23H26N4O5S/c1-5-27-21-12-11-18(33(30,31)26(3)4)14-19(21)25-22(27)15-32-23(29)20(24-16(2)28)13-17-9-7-6-8-10-17/h6-14H,5,15H2,1-4H3,(H,24,28)/b20-13+. The lowest BCUT2D eigenvalue weighted by Gasteiger charge is -2.11. The molecule has 0 aliphatic carbocycles. The fourth-order valence-electron chi connectivity index (χ4n) is 3.25. The highest BCUT2D eigenvalue weighted by Crippen LogP contribution is 2.22. The van der Waals surface area contributed by atoms with E-state index in [1.807, 2.05) is 29.7 Å². The number of aromatic nitrogens is 2. The molecule has 10 heteroatoms. The average Bonchev–Trinajstić information content (AvgIpc) is 3.14. The van der Waals surface area contributed by atoms with Crippen LogP contribution < -0.4 is 5.32 Å². The summed E-state index contributed by atoms with van der Waals surface area (Å²) in [5.41, 5.74) is 1.94. The number of ether oxygens (including phenoxy) is 1. The molecule has 3 aromatic rings. The highest BCUT2D eigenvalue weighted by molar-refractivity contribution is 7.89. The first-order chi connectivity index (χ1) is 15.6. The number of carbonyl (C=O) groups excluding carboxylic acids is 2. The zero-order valence-electron chi connectivity index (χ0n) is 18.9. The van der Waals surface area contributed by atoms with Gasteiger partial charge in [-0.2, -0.15) is 0 Å². The number of fused-ring (bicyclic) bond motifs is 1. The van der Waals surface area contributed by atoms with Crippen molar-refractivity contribution in [3.63, 3.8) is 0 Å². The molecule has 0 atom stereocenters. The van der Waals surface area contributed by atoms with Crippen LogP contribution in [-0.2, 0) is 37.5 Å². The summed E-state index contributed by atoms with van der Waals surface area (Å²) >= 11 is 0. The van der Waals surface area contributed by atoms with Crippen LogP contribution in [0.4, 0.5) is 0 Å². The second-order valence-electron chi connectivity index (χ2n) is 7.44. The van der Waals surface area contributed by atoms with Crippen molar-refractivity contribution in [1.82, 2.24) is 19.2 Å². The van der Waals surface area contributed by atoms with Crippen LogP contribution in [0.3, 0.4) is 0 Å². The molecule has 3 rings (SSSR count). The first kappa shape index (κ1) is 24.1. The van der Waals surface area contributed by atoms with Gasteiger partial charge in [0.15, 0.2) is 0 Å². The normalized spacial score (nSPS) is 12.2. The summed E-state index contributed by atoms with van der Waals surface area (Å²) in [6, 6.07) is 13.8. The Morgan fingerprint density at radius 3 is 2.45 bits per heavy atom. The largest absolute Gasteiger partial charge is 0.453 e. The number of carbonyl (C=O) groups is 2. The second kappa shape index (κ2) is 9.97. The Labute approximate surface area is 192 Å². The Balaban J connectivity index is 1.88. The highest BCUT2D eigenvalue weighted by atomic mass is 32.2. The Morgan fingerprint density at radius 2 is 1.85 bits per heavy atom. The molecule has 0 saturated carbocycles. The predicted octanol–water partition coefficient (Wildman–Crippen LogP) is 2.53. The fraction of sp³-hybridized carbons (Fsp3) is 0.261. The Bertz CT molecular complexity index is 1310. The van der Waals surface area contributed by atoms with E-state index in [1.165, 1.54) is 39.2 Å². The molecule has 1 N–H and O–H groups in total. The summed E-state index contributed by atoms with van der Waals surface area (Å²) in [6.45, 7) is 3.61. The number of esters is 1. The van der Waals surface area contributed by atoms with Gasteiger partial charge >= 0.3 is 5.97 Å². The highest BCUT2D eigenvalue weighted by Gasteiger charge is 2.20. The minimum Gasteiger partial charge on any atom is -0.453 e. The van der Waals surface area contributed by atoms with Crippen LogP contribution in [0.1, 0.15) is 25.2 Å². The van der Waals surface area contributed by atoms with Crippen LogP contribution in [0.2, 0.25) is 0 Å². The van der Waals surface area contributed by atoms with Crippen molar-refractivity contribution in [3.8, 4) is 0 Å². The molecule has 0 aliphatic heterocycles. The van der Waals surface area contributed by atoms with E-state index in [0.717, 1.165) is 15.4 Å². The first-order valence-electron chi connectivity index (χ1n) is 10.3. The van der Waals surface area contributed by atoms with Gasteiger partial charge in [-0.05, 0) is 36.8 Å². The van der Waals surface area contributed by atoms with E-state index in [0.29, 0.717) is 17.9 Å². The minimum atomic E-state index is -3.61. The van der Waals surface area contributed by atoms with Gasteiger partial charge in [-0.15, -0.1) is 0 Å². The number of hydrogen-bond donors (Lipinski definition) is 1. The summed E-state index contributed by atoms with van der Waals surface area (Å²) in [7, 11) is -0.680. The van der Waals surface area contributed by atoms with E-state index in [4.69, 9.17) is 4.74 Å². The number of hydrogen-bond acceptors (Lipinski definition) is 6. The van der Waals surface area contributed by atoms with Crippen molar-refractivity contribution in [2.45, 2.75) is 31.9 Å². The van der Waals surface area contributed by atoms with Gasteiger partial charge in [-0.25, -0.2) is 22.5 Å². The first-order valence-corrected chi connectivity index (χ1v) is 11.7. The topological polar surface area (TPSA) is 111 Å². The van der Waals surface area contributed by atoms with Crippen LogP contribution in [-0.4, -0.2) is 48.2 Å². The summed E-state index contributed by atoms with van der Waals surface area (Å²) in [5, 5.41) is 2.50. The maximum absolute atomic E-state index is 12.7. The summed E-state index contributed by atoms with van der Waals surface area (Å²) in [5.74, 6) is -0.647. The molecule has 0 bridgehead atoms. The lowest BCUT2D eigenvalue weighted by atomic mass is 10.2. The lowest BCUT2D eigenvalue weighted by molar-refractivity contribution is -0.141. The molecule has 33 heavy (non-hydrogen) atoms. The molecule has 1 aromatic heterocycles. The molecule has 2 aromatic carbocycles. The van der Waals surface area contributed by atoms with Gasteiger partial charge < -0.3 is 14.6 Å². The Kier molecular flexibility index (Phi) is 7.29. The van der Waals surface area contributed by atoms with Crippen molar-refractivity contribution in [2.24, 2.45) is 0 Å². The zero-order valence-corrected chi connectivity index (χ0v) is 19.7. The molecule has 0 aliphatic rings. The third-order valence-corrected chi connectivity index (χ3v) is 6.68. The number of amides is 1. The molecule has 9 nitrogen and oxygen atoms in total. The smallest absolute Gasteiger partial charge is 0.355 e. The number of rotatable bonds is 8. The maximum Gasteiger partial charge on any atom is 0.355 e. The minimum absolute atomic E-state index is 0.00669. The van der Waals surface area contributed by atoms with Gasteiger partial charge in [0.25, 0.3) is 0 Å². The SMILES string of the molecule is CCn1c(COC(=O)/C(=C\c2ccccc2)NC(C)=O)nc2cc(S(=O)(=O)N(C)C)ccc21. The second-order valence-corrected chi connectivity index (χ2v) is 9.59.